The lowest BCUT2D eigenvalue weighted by Crippen LogP contribution is -2.49. The van der Waals surface area contributed by atoms with E-state index in [1.807, 2.05) is 0 Å². The van der Waals surface area contributed by atoms with Crippen molar-refractivity contribution < 1.29 is 23.1 Å². The van der Waals surface area contributed by atoms with Crippen molar-refractivity contribution >= 4 is 16.0 Å². The van der Waals surface area contributed by atoms with Gasteiger partial charge in [0.2, 0.25) is 10.0 Å². The van der Waals surface area contributed by atoms with Crippen LogP contribution >= 0.6 is 0 Å². The number of carboxylic acids is 1. The molecule has 0 aromatic carbocycles. The Morgan fingerprint density at radius 1 is 1.41 bits per heavy atom. The molecule has 17 heavy (non-hydrogen) atoms. The van der Waals surface area contributed by atoms with Crippen LogP contribution in [-0.4, -0.2) is 44.5 Å². The Hall–Kier alpha value is -0.660. The van der Waals surface area contributed by atoms with E-state index in [0.717, 1.165) is 0 Å². The minimum atomic E-state index is -3.64. The van der Waals surface area contributed by atoms with Crippen molar-refractivity contribution in [2.75, 3.05) is 19.0 Å². The van der Waals surface area contributed by atoms with Gasteiger partial charge in [0.05, 0.1) is 12.4 Å². The van der Waals surface area contributed by atoms with E-state index in [1.54, 1.807) is 27.7 Å². The number of nitrogens with one attached hydrogen (secondary N) is 1. The molecule has 1 unspecified atom stereocenters. The number of carbonyl (C=O) groups is 1. The summed E-state index contributed by atoms with van der Waals surface area (Å²) in [4.78, 5) is 11.0. The van der Waals surface area contributed by atoms with Crippen molar-refractivity contribution in [1.82, 2.24) is 4.72 Å². The standard InChI is InChI=1S/C10H21NO5S/c1-5-16-6-7-17(14,15)11-8(9(12)13)10(2,3)4/h8,11H,5-7H2,1-4H3,(H,12,13). The molecule has 0 fully saturated rings. The van der Waals surface area contributed by atoms with Gasteiger partial charge in [-0.15, -0.1) is 0 Å². The van der Waals surface area contributed by atoms with Crippen LogP contribution < -0.4 is 4.72 Å². The van der Waals surface area contributed by atoms with E-state index in [0.29, 0.717) is 6.61 Å². The molecule has 0 aliphatic heterocycles. The average Bonchev–Trinajstić information content (AvgIpc) is 2.12. The van der Waals surface area contributed by atoms with Gasteiger partial charge >= 0.3 is 5.97 Å². The third kappa shape index (κ3) is 6.60. The zero-order chi connectivity index (χ0) is 13.7. The monoisotopic (exact) mass is 267 g/mol. The van der Waals surface area contributed by atoms with Crippen molar-refractivity contribution in [2.24, 2.45) is 5.41 Å². The van der Waals surface area contributed by atoms with Crippen LogP contribution in [0.25, 0.3) is 0 Å². The number of aliphatic carboxylic acids is 1. The van der Waals surface area contributed by atoms with Gasteiger partial charge in [0.25, 0.3) is 0 Å². The van der Waals surface area contributed by atoms with E-state index >= 15 is 0 Å². The number of sulfonamides is 1. The number of rotatable bonds is 7. The predicted octanol–water partition coefficient (Wildman–Crippen LogP) is 0.442. The number of hydrogen-bond acceptors (Lipinski definition) is 4. The van der Waals surface area contributed by atoms with Gasteiger partial charge in [-0.25, -0.2) is 13.1 Å². The summed E-state index contributed by atoms with van der Waals surface area (Å²) >= 11 is 0. The lowest BCUT2D eigenvalue weighted by molar-refractivity contribution is -0.141. The molecule has 0 saturated carbocycles. The van der Waals surface area contributed by atoms with Crippen molar-refractivity contribution in [3.63, 3.8) is 0 Å². The molecule has 0 aromatic heterocycles. The highest BCUT2D eigenvalue weighted by atomic mass is 32.2. The molecule has 0 spiro atoms. The number of carboxylic acid groups (broad SMARTS) is 1. The highest BCUT2D eigenvalue weighted by molar-refractivity contribution is 7.89. The topological polar surface area (TPSA) is 92.7 Å². The summed E-state index contributed by atoms with van der Waals surface area (Å²) in [6.45, 7) is 7.24. The minimum absolute atomic E-state index is 0.0579. The second kappa shape index (κ2) is 6.32. The second-order valence-corrected chi connectivity index (χ2v) is 6.64. The maximum Gasteiger partial charge on any atom is 0.322 e. The van der Waals surface area contributed by atoms with E-state index in [-0.39, 0.29) is 12.4 Å². The molecule has 6 nitrogen and oxygen atoms in total. The highest BCUT2D eigenvalue weighted by Gasteiger charge is 2.34. The van der Waals surface area contributed by atoms with Crippen molar-refractivity contribution in [2.45, 2.75) is 33.7 Å². The predicted molar refractivity (Wildman–Crippen MR) is 64.3 cm³/mol. The molecule has 0 bridgehead atoms. The maximum atomic E-state index is 11.6. The Bertz CT molecular complexity index is 344. The molecule has 0 amide bonds. The Labute approximate surface area is 102 Å². The lowest BCUT2D eigenvalue weighted by atomic mass is 9.88. The Morgan fingerprint density at radius 3 is 2.29 bits per heavy atom. The van der Waals surface area contributed by atoms with Gasteiger partial charge in [0.15, 0.2) is 0 Å². The van der Waals surface area contributed by atoms with Crippen molar-refractivity contribution in [3.05, 3.63) is 0 Å². The fraction of sp³-hybridized carbons (Fsp3) is 0.900. The molecular formula is C10H21NO5S. The maximum absolute atomic E-state index is 11.6. The van der Waals surface area contributed by atoms with E-state index < -0.39 is 27.4 Å². The van der Waals surface area contributed by atoms with Crippen molar-refractivity contribution in [3.8, 4) is 0 Å². The second-order valence-electron chi connectivity index (χ2n) is 4.77. The third-order valence-electron chi connectivity index (χ3n) is 2.11. The van der Waals surface area contributed by atoms with Crippen LogP contribution in [0.3, 0.4) is 0 Å². The third-order valence-corrected chi connectivity index (χ3v) is 3.41. The first kappa shape index (κ1) is 16.3. The van der Waals surface area contributed by atoms with Crippen LogP contribution in [0.15, 0.2) is 0 Å². The first-order valence-corrected chi connectivity index (χ1v) is 7.06. The summed E-state index contributed by atoms with van der Waals surface area (Å²) < 4.78 is 30.3. The molecule has 0 heterocycles. The molecule has 0 aliphatic carbocycles. The Morgan fingerprint density at radius 2 is 1.94 bits per heavy atom. The first-order chi connectivity index (χ1) is 7.60. The smallest absolute Gasteiger partial charge is 0.322 e. The molecule has 0 aromatic rings. The van der Waals surface area contributed by atoms with Crippen molar-refractivity contribution in [1.29, 1.82) is 0 Å². The van der Waals surface area contributed by atoms with Gasteiger partial charge in [-0.2, -0.15) is 0 Å². The van der Waals surface area contributed by atoms with Crippen LogP contribution in [-0.2, 0) is 19.6 Å². The van der Waals surface area contributed by atoms with Gasteiger partial charge in [-0.3, -0.25) is 4.79 Å². The van der Waals surface area contributed by atoms with Crippen LogP contribution in [0, 0.1) is 5.41 Å². The number of hydrogen-bond donors (Lipinski definition) is 2. The lowest BCUT2D eigenvalue weighted by Gasteiger charge is -2.27. The fourth-order valence-corrected chi connectivity index (χ4v) is 2.42. The van der Waals surface area contributed by atoms with Gasteiger partial charge in [0.1, 0.15) is 6.04 Å². The van der Waals surface area contributed by atoms with Crippen LogP contribution in [0.1, 0.15) is 27.7 Å². The van der Waals surface area contributed by atoms with E-state index in [2.05, 4.69) is 4.72 Å². The molecule has 2 N–H and O–H groups in total. The summed E-state index contributed by atoms with van der Waals surface area (Å²) in [5.41, 5.74) is -0.690. The molecule has 102 valence electrons. The molecule has 7 heteroatoms. The van der Waals surface area contributed by atoms with Gasteiger partial charge in [-0.1, -0.05) is 20.8 Å². The largest absolute Gasteiger partial charge is 0.480 e. The summed E-state index contributed by atoms with van der Waals surface area (Å²) in [5.74, 6) is -1.42. The molecule has 0 radical (unpaired) electrons. The quantitative estimate of drug-likeness (QED) is 0.653. The zero-order valence-corrected chi connectivity index (χ0v) is 11.5. The van der Waals surface area contributed by atoms with Gasteiger partial charge in [-0.05, 0) is 12.3 Å². The summed E-state index contributed by atoms with van der Waals surface area (Å²) in [7, 11) is -3.64. The molecule has 1 atom stereocenters. The normalized spacial score (nSPS) is 14.6. The molecule has 0 saturated heterocycles. The van der Waals surface area contributed by atoms with Gasteiger partial charge in [0, 0.05) is 6.61 Å². The Kier molecular flexibility index (Phi) is 6.08. The van der Waals surface area contributed by atoms with E-state index in [9.17, 15) is 13.2 Å². The van der Waals surface area contributed by atoms with Crippen LogP contribution in [0.5, 0.6) is 0 Å². The van der Waals surface area contributed by atoms with E-state index in [4.69, 9.17) is 9.84 Å². The zero-order valence-electron chi connectivity index (χ0n) is 10.7. The summed E-state index contributed by atoms with van der Waals surface area (Å²) in [6.07, 6.45) is 0. The van der Waals surface area contributed by atoms with Crippen LogP contribution in [0.2, 0.25) is 0 Å². The first-order valence-electron chi connectivity index (χ1n) is 5.40. The molecule has 0 rings (SSSR count). The van der Waals surface area contributed by atoms with Gasteiger partial charge < -0.3 is 9.84 Å². The molecular weight excluding hydrogens is 246 g/mol. The highest BCUT2D eigenvalue weighted by Crippen LogP contribution is 2.20. The van der Waals surface area contributed by atoms with E-state index in [1.165, 1.54) is 0 Å². The SMILES string of the molecule is CCOCCS(=O)(=O)NC(C(=O)O)C(C)(C)C. The Balaban J connectivity index is 4.61. The average molecular weight is 267 g/mol. The number of ether oxygens (including phenoxy) is 1. The minimum Gasteiger partial charge on any atom is -0.480 e. The summed E-state index contributed by atoms with van der Waals surface area (Å²) in [6, 6.07) is -1.14. The summed E-state index contributed by atoms with van der Waals surface area (Å²) in [5, 5.41) is 8.99. The fourth-order valence-electron chi connectivity index (χ4n) is 1.15. The molecule has 0 aliphatic rings. The van der Waals surface area contributed by atoms with Crippen LogP contribution in [0.4, 0.5) is 0 Å².